The number of ether oxygens (including phenoxy) is 1. The highest BCUT2D eigenvalue weighted by atomic mass is 35.5. The molecule has 4 nitrogen and oxygen atoms in total. The molecule has 1 fully saturated rings. The van der Waals surface area contributed by atoms with Crippen molar-refractivity contribution < 1.29 is 9.53 Å². The minimum absolute atomic E-state index is 0.134. The predicted octanol–water partition coefficient (Wildman–Crippen LogP) is 5.03. The minimum atomic E-state index is -0.576. The summed E-state index contributed by atoms with van der Waals surface area (Å²) in [7, 11) is 0. The van der Waals surface area contributed by atoms with Gasteiger partial charge in [0.15, 0.2) is 6.10 Å². The Hall–Kier alpha value is -2.20. The van der Waals surface area contributed by atoms with Gasteiger partial charge in [-0.05, 0) is 81.0 Å². The van der Waals surface area contributed by atoms with E-state index in [0.29, 0.717) is 12.3 Å². The zero-order valence-corrected chi connectivity index (χ0v) is 17.7. The summed E-state index contributed by atoms with van der Waals surface area (Å²) < 4.78 is 5.80. The molecule has 1 atom stereocenters. The fourth-order valence-electron chi connectivity index (χ4n) is 3.54. The Kier molecular flexibility index (Phi) is 6.84. The van der Waals surface area contributed by atoms with E-state index < -0.39 is 6.10 Å². The summed E-state index contributed by atoms with van der Waals surface area (Å²) in [5, 5.41) is 3.69. The first-order chi connectivity index (χ1) is 13.4. The number of amides is 1. The number of piperidine rings is 1. The summed E-state index contributed by atoms with van der Waals surface area (Å²) in [4.78, 5) is 14.8. The molecule has 1 heterocycles. The minimum Gasteiger partial charge on any atom is -0.481 e. The third-order valence-corrected chi connectivity index (χ3v) is 5.81. The van der Waals surface area contributed by atoms with Gasteiger partial charge in [-0.1, -0.05) is 23.7 Å². The lowest BCUT2D eigenvalue weighted by Crippen LogP contribution is -2.36. The third kappa shape index (κ3) is 5.20. The topological polar surface area (TPSA) is 41.6 Å². The number of hydrogen-bond donors (Lipinski definition) is 1. The number of benzene rings is 2. The van der Waals surface area contributed by atoms with Crippen LogP contribution in [0.5, 0.6) is 5.75 Å². The zero-order chi connectivity index (χ0) is 20.1. The van der Waals surface area contributed by atoms with E-state index in [1.54, 1.807) is 6.92 Å². The second-order valence-electron chi connectivity index (χ2n) is 7.56. The SMILES string of the molecule is Cc1cc(O[C@@H](C)C(=O)NCc2ccc(N3CCCCC3)cc2)cc(C)c1Cl. The fraction of sp³-hybridized carbons (Fsp3) is 0.435. The van der Waals surface area contributed by atoms with Gasteiger partial charge in [-0.25, -0.2) is 0 Å². The largest absolute Gasteiger partial charge is 0.481 e. The van der Waals surface area contributed by atoms with E-state index in [1.807, 2.05) is 26.0 Å². The van der Waals surface area contributed by atoms with Gasteiger partial charge in [-0.2, -0.15) is 0 Å². The number of nitrogens with zero attached hydrogens (tertiary/aromatic N) is 1. The highest BCUT2D eigenvalue weighted by Crippen LogP contribution is 2.26. The van der Waals surface area contributed by atoms with Gasteiger partial charge in [0.25, 0.3) is 5.91 Å². The van der Waals surface area contributed by atoms with Crippen LogP contribution in [0.15, 0.2) is 36.4 Å². The number of carbonyl (C=O) groups is 1. The van der Waals surface area contributed by atoms with Crippen molar-refractivity contribution >= 4 is 23.2 Å². The van der Waals surface area contributed by atoms with Crippen molar-refractivity contribution in [3.05, 3.63) is 58.1 Å². The first-order valence-electron chi connectivity index (χ1n) is 9.99. The number of rotatable bonds is 6. The molecule has 2 aromatic carbocycles. The Labute approximate surface area is 172 Å². The van der Waals surface area contributed by atoms with Gasteiger partial charge in [0.2, 0.25) is 0 Å². The van der Waals surface area contributed by atoms with Gasteiger partial charge in [0.1, 0.15) is 5.75 Å². The Morgan fingerprint density at radius 1 is 1.11 bits per heavy atom. The molecule has 1 N–H and O–H groups in total. The first kappa shape index (κ1) is 20.5. The Morgan fingerprint density at radius 3 is 2.32 bits per heavy atom. The molecule has 0 aromatic heterocycles. The van der Waals surface area contributed by atoms with Crippen LogP contribution in [-0.2, 0) is 11.3 Å². The average Bonchev–Trinajstić information content (AvgIpc) is 2.71. The molecule has 0 aliphatic carbocycles. The highest BCUT2D eigenvalue weighted by molar-refractivity contribution is 6.32. The number of nitrogens with one attached hydrogen (secondary N) is 1. The van der Waals surface area contributed by atoms with Crippen molar-refractivity contribution in [2.24, 2.45) is 0 Å². The van der Waals surface area contributed by atoms with Crippen molar-refractivity contribution in [3.8, 4) is 5.75 Å². The van der Waals surface area contributed by atoms with Crippen LogP contribution in [0.2, 0.25) is 5.02 Å². The average molecular weight is 401 g/mol. The summed E-state index contributed by atoms with van der Waals surface area (Å²) in [5.74, 6) is 0.526. The van der Waals surface area contributed by atoms with E-state index in [1.165, 1.54) is 24.9 Å². The van der Waals surface area contributed by atoms with Crippen molar-refractivity contribution in [3.63, 3.8) is 0 Å². The number of aryl methyl sites for hydroxylation is 2. The summed E-state index contributed by atoms with van der Waals surface area (Å²) in [5.41, 5.74) is 4.23. The molecule has 1 amide bonds. The molecule has 1 saturated heterocycles. The van der Waals surface area contributed by atoms with Gasteiger partial charge >= 0.3 is 0 Å². The van der Waals surface area contributed by atoms with Crippen molar-refractivity contribution in [2.75, 3.05) is 18.0 Å². The van der Waals surface area contributed by atoms with Crippen LogP contribution >= 0.6 is 11.6 Å². The van der Waals surface area contributed by atoms with Crippen LogP contribution in [0.25, 0.3) is 0 Å². The van der Waals surface area contributed by atoms with E-state index in [9.17, 15) is 4.79 Å². The molecular weight excluding hydrogens is 372 g/mol. The highest BCUT2D eigenvalue weighted by Gasteiger charge is 2.16. The molecule has 0 spiro atoms. The maximum Gasteiger partial charge on any atom is 0.261 e. The van der Waals surface area contributed by atoms with Gasteiger partial charge < -0.3 is 15.0 Å². The monoisotopic (exact) mass is 400 g/mol. The van der Waals surface area contributed by atoms with Crippen molar-refractivity contribution in [1.82, 2.24) is 5.32 Å². The molecule has 2 aromatic rings. The van der Waals surface area contributed by atoms with Crippen LogP contribution in [0.1, 0.15) is 42.9 Å². The van der Waals surface area contributed by atoms with E-state index in [0.717, 1.165) is 34.8 Å². The van der Waals surface area contributed by atoms with Crippen molar-refractivity contribution in [1.29, 1.82) is 0 Å². The van der Waals surface area contributed by atoms with Gasteiger partial charge in [0.05, 0.1) is 0 Å². The maximum absolute atomic E-state index is 12.4. The summed E-state index contributed by atoms with van der Waals surface area (Å²) in [6, 6.07) is 12.2. The lowest BCUT2D eigenvalue weighted by molar-refractivity contribution is -0.127. The van der Waals surface area contributed by atoms with Crippen LogP contribution in [-0.4, -0.2) is 25.1 Å². The molecule has 1 aliphatic rings. The molecule has 0 unspecified atom stereocenters. The van der Waals surface area contributed by atoms with Crippen LogP contribution < -0.4 is 15.0 Å². The molecule has 150 valence electrons. The summed E-state index contributed by atoms with van der Waals surface area (Å²) in [6.07, 6.45) is 3.29. The van der Waals surface area contributed by atoms with Crippen molar-refractivity contribution in [2.45, 2.75) is 52.7 Å². The summed E-state index contributed by atoms with van der Waals surface area (Å²) >= 11 is 6.19. The smallest absolute Gasteiger partial charge is 0.261 e. The predicted molar refractivity (Wildman–Crippen MR) is 115 cm³/mol. The standard InChI is InChI=1S/C23H29ClN2O2/c1-16-13-21(14-17(2)22(16)24)28-18(3)23(27)25-15-19-7-9-20(10-8-19)26-11-5-4-6-12-26/h7-10,13-14,18H,4-6,11-12,15H2,1-3H3,(H,25,27)/t18-/m0/s1. The Balaban J connectivity index is 1.51. The van der Waals surface area contributed by atoms with E-state index >= 15 is 0 Å². The van der Waals surface area contributed by atoms with Crippen LogP contribution in [0.4, 0.5) is 5.69 Å². The summed E-state index contributed by atoms with van der Waals surface area (Å²) in [6.45, 7) is 8.38. The lowest BCUT2D eigenvalue weighted by atomic mass is 10.1. The fourth-order valence-corrected chi connectivity index (χ4v) is 3.65. The van der Waals surface area contributed by atoms with E-state index in [2.05, 4.69) is 34.5 Å². The lowest BCUT2D eigenvalue weighted by Gasteiger charge is -2.28. The van der Waals surface area contributed by atoms with E-state index in [-0.39, 0.29) is 5.91 Å². The number of carbonyl (C=O) groups excluding carboxylic acids is 1. The molecule has 1 aliphatic heterocycles. The van der Waals surface area contributed by atoms with Gasteiger partial charge in [-0.15, -0.1) is 0 Å². The number of halogens is 1. The normalized spacial score (nSPS) is 15.2. The van der Waals surface area contributed by atoms with Crippen LogP contribution in [0, 0.1) is 13.8 Å². The molecule has 0 radical (unpaired) electrons. The third-order valence-electron chi connectivity index (χ3n) is 5.22. The molecule has 28 heavy (non-hydrogen) atoms. The zero-order valence-electron chi connectivity index (χ0n) is 16.9. The maximum atomic E-state index is 12.4. The van der Waals surface area contributed by atoms with E-state index in [4.69, 9.17) is 16.3 Å². The molecule has 5 heteroatoms. The Bertz CT molecular complexity index is 791. The second kappa shape index (κ2) is 9.33. The van der Waals surface area contributed by atoms with Crippen LogP contribution in [0.3, 0.4) is 0 Å². The van der Waals surface area contributed by atoms with Gasteiger partial charge in [-0.3, -0.25) is 4.79 Å². The molecule has 0 saturated carbocycles. The molecule has 0 bridgehead atoms. The molecule has 3 rings (SSSR count). The first-order valence-corrected chi connectivity index (χ1v) is 10.4. The number of anilines is 1. The quantitative estimate of drug-likeness (QED) is 0.739. The number of hydrogen-bond acceptors (Lipinski definition) is 3. The Morgan fingerprint density at radius 2 is 1.71 bits per heavy atom. The van der Waals surface area contributed by atoms with Gasteiger partial charge in [0, 0.05) is 30.3 Å². The second-order valence-corrected chi connectivity index (χ2v) is 7.94. The molecular formula is C23H29ClN2O2.